The van der Waals surface area contributed by atoms with E-state index in [2.05, 4.69) is 10.6 Å². The van der Waals surface area contributed by atoms with Crippen LogP contribution in [0.2, 0.25) is 5.02 Å². The van der Waals surface area contributed by atoms with Crippen LogP contribution in [-0.2, 0) is 4.79 Å². The molecule has 0 fully saturated rings. The van der Waals surface area contributed by atoms with Crippen molar-refractivity contribution in [1.29, 1.82) is 0 Å². The predicted molar refractivity (Wildman–Crippen MR) is 108 cm³/mol. The van der Waals surface area contributed by atoms with E-state index in [1.165, 1.54) is 11.3 Å². The quantitative estimate of drug-likeness (QED) is 0.589. The van der Waals surface area contributed by atoms with Gasteiger partial charge in [-0.25, -0.2) is 0 Å². The second-order valence-electron chi connectivity index (χ2n) is 5.59. The van der Waals surface area contributed by atoms with Crippen LogP contribution in [0.1, 0.15) is 16.1 Å². The highest BCUT2D eigenvalue weighted by Gasteiger charge is 2.11. The Kier molecular flexibility index (Phi) is 6.46. The van der Waals surface area contributed by atoms with E-state index in [1.807, 2.05) is 35.7 Å². The highest BCUT2D eigenvalue weighted by Crippen LogP contribution is 2.32. The number of anilines is 1. The standard InChI is InChI=1S/C20H17ClN2O3S/c21-14-8-9-17(26-15-5-2-1-3-6-15)16(13-14)23-19(24)10-11-22-20(25)18-7-4-12-27-18/h1-9,12-13H,10-11H2,(H,22,25)(H,23,24). The van der Waals surface area contributed by atoms with Crippen molar-refractivity contribution >= 4 is 40.4 Å². The maximum absolute atomic E-state index is 12.2. The lowest BCUT2D eigenvalue weighted by Gasteiger charge is -2.13. The van der Waals surface area contributed by atoms with Gasteiger partial charge in [-0.05, 0) is 41.8 Å². The van der Waals surface area contributed by atoms with E-state index in [0.717, 1.165) is 0 Å². The van der Waals surface area contributed by atoms with Gasteiger partial charge in [-0.15, -0.1) is 11.3 Å². The Morgan fingerprint density at radius 3 is 2.59 bits per heavy atom. The summed E-state index contributed by atoms with van der Waals surface area (Å²) in [5, 5.41) is 7.82. The Morgan fingerprint density at radius 2 is 1.85 bits per heavy atom. The molecule has 0 saturated carbocycles. The molecule has 0 spiro atoms. The van der Waals surface area contributed by atoms with Gasteiger partial charge in [0.1, 0.15) is 5.75 Å². The number of amides is 2. The second-order valence-corrected chi connectivity index (χ2v) is 6.97. The van der Waals surface area contributed by atoms with Gasteiger partial charge in [0.25, 0.3) is 5.91 Å². The fourth-order valence-electron chi connectivity index (χ4n) is 2.30. The molecule has 0 bridgehead atoms. The van der Waals surface area contributed by atoms with Crippen LogP contribution in [0.4, 0.5) is 5.69 Å². The molecule has 3 rings (SSSR count). The van der Waals surface area contributed by atoms with Crippen LogP contribution in [0.5, 0.6) is 11.5 Å². The average molecular weight is 401 g/mol. The first-order valence-corrected chi connectivity index (χ1v) is 9.51. The molecule has 0 radical (unpaired) electrons. The van der Waals surface area contributed by atoms with Gasteiger partial charge >= 0.3 is 0 Å². The number of carbonyl (C=O) groups excluding carboxylic acids is 2. The highest BCUT2D eigenvalue weighted by molar-refractivity contribution is 7.12. The fourth-order valence-corrected chi connectivity index (χ4v) is 3.11. The van der Waals surface area contributed by atoms with Crippen molar-refractivity contribution in [3.8, 4) is 11.5 Å². The van der Waals surface area contributed by atoms with Crippen molar-refractivity contribution in [3.63, 3.8) is 0 Å². The number of hydrogen-bond donors (Lipinski definition) is 2. The minimum atomic E-state index is -0.248. The van der Waals surface area contributed by atoms with E-state index < -0.39 is 0 Å². The Balaban J connectivity index is 1.58. The molecular weight excluding hydrogens is 384 g/mol. The van der Waals surface area contributed by atoms with E-state index in [0.29, 0.717) is 27.1 Å². The summed E-state index contributed by atoms with van der Waals surface area (Å²) < 4.78 is 5.82. The zero-order valence-corrected chi connectivity index (χ0v) is 15.8. The van der Waals surface area contributed by atoms with E-state index in [9.17, 15) is 9.59 Å². The Labute approximate surface area is 165 Å². The van der Waals surface area contributed by atoms with E-state index >= 15 is 0 Å². The smallest absolute Gasteiger partial charge is 0.261 e. The number of para-hydroxylation sites is 1. The third-order valence-electron chi connectivity index (χ3n) is 3.57. The minimum Gasteiger partial charge on any atom is -0.455 e. The van der Waals surface area contributed by atoms with Gasteiger partial charge in [0.2, 0.25) is 5.91 Å². The maximum atomic E-state index is 12.2. The monoisotopic (exact) mass is 400 g/mol. The van der Waals surface area contributed by atoms with Gasteiger partial charge in [0.15, 0.2) is 5.75 Å². The average Bonchev–Trinajstić information content (AvgIpc) is 3.20. The molecule has 0 aliphatic heterocycles. The van der Waals surface area contributed by atoms with Crippen molar-refractivity contribution in [2.75, 3.05) is 11.9 Å². The molecule has 0 atom stereocenters. The van der Waals surface area contributed by atoms with Crippen LogP contribution < -0.4 is 15.4 Å². The molecule has 2 aromatic carbocycles. The van der Waals surface area contributed by atoms with Gasteiger partial charge in [-0.1, -0.05) is 35.9 Å². The molecule has 1 aromatic heterocycles. The molecule has 3 aromatic rings. The molecule has 138 valence electrons. The summed E-state index contributed by atoms with van der Waals surface area (Å²) in [6, 6.07) is 17.8. The molecule has 27 heavy (non-hydrogen) atoms. The molecule has 0 saturated heterocycles. The van der Waals surface area contributed by atoms with Crippen molar-refractivity contribution in [3.05, 3.63) is 75.9 Å². The first-order chi connectivity index (χ1) is 13.1. The number of benzene rings is 2. The Bertz CT molecular complexity index is 914. The third kappa shape index (κ3) is 5.57. The predicted octanol–water partition coefficient (Wildman–Crippen LogP) is 4.95. The lowest BCUT2D eigenvalue weighted by Crippen LogP contribution is -2.27. The lowest BCUT2D eigenvalue weighted by atomic mass is 10.2. The first-order valence-electron chi connectivity index (χ1n) is 8.26. The number of ether oxygens (including phenoxy) is 1. The van der Waals surface area contributed by atoms with Crippen LogP contribution in [-0.4, -0.2) is 18.4 Å². The third-order valence-corrected chi connectivity index (χ3v) is 4.67. The van der Waals surface area contributed by atoms with E-state index in [4.69, 9.17) is 16.3 Å². The SMILES string of the molecule is O=C(CCNC(=O)c1cccs1)Nc1cc(Cl)ccc1Oc1ccccc1. The van der Waals surface area contributed by atoms with Gasteiger partial charge in [-0.3, -0.25) is 9.59 Å². The van der Waals surface area contributed by atoms with Crippen LogP contribution >= 0.6 is 22.9 Å². The molecule has 1 heterocycles. The van der Waals surface area contributed by atoms with Crippen molar-refractivity contribution in [2.45, 2.75) is 6.42 Å². The molecule has 5 nitrogen and oxygen atoms in total. The summed E-state index contributed by atoms with van der Waals surface area (Å²) in [6.45, 7) is 0.234. The van der Waals surface area contributed by atoms with Crippen LogP contribution in [0.15, 0.2) is 66.0 Å². The summed E-state index contributed by atoms with van der Waals surface area (Å²) >= 11 is 7.40. The Hall–Kier alpha value is -2.83. The van der Waals surface area contributed by atoms with Gasteiger partial charge in [-0.2, -0.15) is 0 Å². The summed E-state index contributed by atoms with van der Waals surface area (Å²) in [5.41, 5.74) is 0.473. The number of carbonyl (C=O) groups is 2. The number of rotatable bonds is 7. The summed E-state index contributed by atoms with van der Waals surface area (Å²) in [4.78, 5) is 24.7. The number of nitrogens with one attached hydrogen (secondary N) is 2. The lowest BCUT2D eigenvalue weighted by molar-refractivity contribution is -0.116. The zero-order valence-electron chi connectivity index (χ0n) is 14.3. The summed E-state index contributed by atoms with van der Waals surface area (Å²) in [7, 11) is 0. The summed E-state index contributed by atoms with van der Waals surface area (Å²) in [6.07, 6.45) is 0.133. The molecule has 0 unspecified atom stereocenters. The van der Waals surface area contributed by atoms with E-state index in [-0.39, 0.29) is 24.8 Å². The topological polar surface area (TPSA) is 67.4 Å². The highest BCUT2D eigenvalue weighted by atomic mass is 35.5. The zero-order chi connectivity index (χ0) is 19.1. The van der Waals surface area contributed by atoms with Crippen LogP contribution in [0, 0.1) is 0 Å². The van der Waals surface area contributed by atoms with Gasteiger partial charge < -0.3 is 15.4 Å². The molecule has 2 N–H and O–H groups in total. The van der Waals surface area contributed by atoms with Crippen LogP contribution in [0.25, 0.3) is 0 Å². The van der Waals surface area contributed by atoms with Crippen molar-refractivity contribution in [1.82, 2.24) is 5.32 Å². The van der Waals surface area contributed by atoms with E-state index in [1.54, 1.807) is 30.3 Å². The number of hydrogen-bond acceptors (Lipinski definition) is 4. The van der Waals surface area contributed by atoms with Gasteiger partial charge in [0.05, 0.1) is 10.6 Å². The molecule has 0 aliphatic rings. The number of thiophene rings is 1. The van der Waals surface area contributed by atoms with Crippen molar-refractivity contribution in [2.24, 2.45) is 0 Å². The summed E-state index contributed by atoms with van der Waals surface area (Å²) in [5.74, 6) is 0.704. The molecule has 7 heteroatoms. The normalized spacial score (nSPS) is 10.3. The maximum Gasteiger partial charge on any atom is 0.261 e. The Morgan fingerprint density at radius 1 is 1.04 bits per heavy atom. The number of halogens is 1. The molecule has 0 aliphatic carbocycles. The fraction of sp³-hybridized carbons (Fsp3) is 0.100. The largest absolute Gasteiger partial charge is 0.455 e. The molecule has 2 amide bonds. The second kappa shape index (κ2) is 9.21. The van der Waals surface area contributed by atoms with Crippen molar-refractivity contribution < 1.29 is 14.3 Å². The molecular formula is C20H17ClN2O3S. The first kappa shape index (κ1) is 18.9. The minimum absolute atomic E-state index is 0.133. The van der Waals surface area contributed by atoms with Crippen LogP contribution in [0.3, 0.4) is 0 Å². The van der Waals surface area contributed by atoms with Gasteiger partial charge in [0, 0.05) is 18.0 Å².